The zero-order valence-electron chi connectivity index (χ0n) is 17.5. The smallest absolute Gasteiger partial charge is 0.177 e. The van der Waals surface area contributed by atoms with Crippen molar-refractivity contribution < 1.29 is 0 Å². The standard InChI is InChI=1S/C21H25N9/c1-15-4-7-19-24-25-20(30(19)26-15)13-28-8-10-29(11-9-28)16-5-6-18-17(12-16)21(27(2)3)23-14-22-18/h4-7,12,14H,8-11,13H2,1-3H3. The van der Waals surface area contributed by atoms with Crippen LogP contribution in [0.4, 0.5) is 11.5 Å². The third kappa shape index (κ3) is 3.41. The summed E-state index contributed by atoms with van der Waals surface area (Å²) in [5.41, 5.74) is 3.94. The van der Waals surface area contributed by atoms with Crippen LogP contribution < -0.4 is 9.80 Å². The Labute approximate surface area is 175 Å². The zero-order chi connectivity index (χ0) is 20.7. The van der Waals surface area contributed by atoms with Gasteiger partial charge in [0.1, 0.15) is 12.1 Å². The van der Waals surface area contributed by atoms with Gasteiger partial charge in [-0.05, 0) is 37.3 Å². The minimum atomic E-state index is 0.752. The van der Waals surface area contributed by atoms with Crippen LogP contribution in [0.15, 0.2) is 36.7 Å². The van der Waals surface area contributed by atoms with E-state index < -0.39 is 0 Å². The monoisotopic (exact) mass is 403 g/mol. The fourth-order valence-electron chi connectivity index (χ4n) is 3.97. The Kier molecular flexibility index (Phi) is 4.66. The topological polar surface area (TPSA) is 78.6 Å². The molecular formula is C21H25N9. The maximum absolute atomic E-state index is 4.55. The van der Waals surface area contributed by atoms with Crippen molar-refractivity contribution in [2.75, 3.05) is 50.1 Å². The number of nitrogens with zero attached hydrogens (tertiary/aromatic N) is 9. The van der Waals surface area contributed by atoms with E-state index in [1.54, 1.807) is 6.33 Å². The molecule has 0 radical (unpaired) electrons. The molecule has 9 heteroatoms. The fourth-order valence-corrected chi connectivity index (χ4v) is 3.97. The molecular weight excluding hydrogens is 378 g/mol. The van der Waals surface area contributed by atoms with Gasteiger partial charge in [-0.2, -0.15) is 9.61 Å². The van der Waals surface area contributed by atoms with Gasteiger partial charge in [0.25, 0.3) is 0 Å². The highest BCUT2D eigenvalue weighted by molar-refractivity contribution is 5.91. The molecule has 3 aromatic heterocycles. The summed E-state index contributed by atoms with van der Waals surface area (Å²) in [5, 5.41) is 14.2. The van der Waals surface area contributed by atoms with Crippen LogP contribution in [0.2, 0.25) is 0 Å². The summed E-state index contributed by atoms with van der Waals surface area (Å²) in [6, 6.07) is 10.4. The fraction of sp³-hybridized carbons (Fsp3) is 0.381. The van der Waals surface area contributed by atoms with Crippen LogP contribution in [0.3, 0.4) is 0 Å². The first-order valence-corrected chi connectivity index (χ1v) is 10.2. The van der Waals surface area contributed by atoms with E-state index in [-0.39, 0.29) is 0 Å². The number of rotatable bonds is 4. The van der Waals surface area contributed by atoms with Crippen molar-refractivity contribution in [2.24, 2.45) is 0 Å². The number of hydrogen-bond donors (Lipinski definition) is 0. The molecule has 0 spiro atoms. The summed E-state index contributed by atoms with van der Waals surface area (Å²) in [5.74, 6) is 1.84. The third-order valence-corrected chi connectivity index (χ3v) is 5.58. The van der Waals surface area contributed by atoms with E-state index in [9.17, 15) is 0 Å². The Balaban J connectivity index is 1.31. The Morgan fingerprint density at radius 1 is 0.967 bits per heavy atom. The van der Waals surface area contributed by atoms with E-state index in [1.165, 1.54) is 5.69 Å². The lowest BCUT2D eigenvalue weighted by Gasteiger charge is -2.35. The summed E-state index contributed by atoms with van der Waals surface area (Å²) in [6.45, 7) is 6.58. The van der Waals surface area contributed by atoms with Crippen LogP contribution in [0.5, 0.6) is 0 Å². The lowest BCUT2D eigenvalue weighted by Crippen LogP contribution is -2.46. The summed E-state index contributed by atoms with van der Waals surface area (Å²) in [4.78, 5) is 15.7. The van der Waals surface area contributed by atoms with Gasteiger partial charge in [-0.25, -0.2) is 9.97 Å². The first-order chi connectivity index (χ1) is 14.6. The number of aryl methyl sites for hydroxylation is 1. The summed E-state index contributed by atoms with van der Waals surface area (Å²) in [7, 11) is 4.02. The number of aromatic nitrogens is 6. The quantitative estimate of drug-likeness (QED) is 0.510. The van der Waals surface area contributed by atoms with Gasteiger partial charge in [0, 0.05) is 51.3 Å². The van der Waals surface area contributed by atoms with E-state index in [0.717, 1.165) is 66.6 Å². The van der Waals surface area contributed by atoms with Crippen LogP contribution in [0.25, 0.3) is 16.6 Å². The Morgan fingerprint density at radius 3 is 2.60 bits per heavy atom. The van der Waals surface area contributed by atoms with Gasteiger partial charge < -0.3 is 9.80 Å². The molecule has 0 amide bonds. The zero-order valence-corrected chi connectivity index (χ0v) is 17.5. The van der Waals surface area contributed by atoms with Gasteiger partial charge in [-0.3, -0.25) is 4.90 Å². The predicted molar refractivity (Wildman–Crippen MR) is 117 cm³/mol. The van der Waals surface area contributed by atoms with Crippen LogP contribution in [0, 0.1) is 6.92 Å². The molecule has 9 nitrogen and oxygen atoms in total. The molecule has 30 heavy (non-hydrogen) atoms. The number of anilines is 2. The van der Waals surface area contributed by atoms with Crippen LogP contribution in [0.1, 0.15) is 11.5 Å². The molecule has 1 aliphatic heterocycles. The van der Waals surface area contributed by atoms with Gasteiger partial charge in [-0.1, -0.05) is 0 Å². The second-order valence-electron chi connectivity index (χ2n) is 7.92. The van der Waals surface area contributed by atoms with Crippen molar-refractivity contribution in [3.05, 3.63) is 48.2 Å². The molecule has 1 saturated heterocycles. The molecule has 0 atom stereocenters. The number of fused-ring (bicyclic) bond motifs is 2. The van der Waals surface area contributed by atoms with Crippen molar-refractivity contribution in [2.45, 2.75) is 13.5 Å². The molecule has 0 N–H and O–H groups in total. The molecule has 4 heterocycles. The number of piperazine rings is 1. The largest absolute Gasteiger partial charge is 0.369 e. The summed E-state index contributed by atoms with van der Waals surface area (Å²) in [6.07, 6.45) is 1.63. The predicted octanol–water partition coefficient (Wildman–Crippen LogP) is 1.76. The van der Waals surface area contributed by atoms with Gasteiger partial charge in [0.05, 0.1) is 17.8 Å². The Hall–Kier alpha value is -3.33. The first kappa shape index (κ1) is 18.7. The maximum Gasteiger partial charge on any atom is 0.177 e. The second kappa shape index (κ2) is 7.49. The van der Waals surface area contributed by atoms with Gasteiger partial charge in [-0.15, -0.1) is 10.2 Å². The SMILES string of the molecule is Cc1ccc2nnc(CN3CCN(c4ccc5ncnc(N(C)C)c5c4)CC3)n2n1. The van der Waals surface area contributed by atoms with E-state index in [2.05, 4.69) is 53.3 Å². The Bertz CT molecular complexity index is 1190. The van der Waals surface area contributed by atoms with E-state index in [4.69, 9.17) is 0 Å². The minimum absolute atomic E-state index is 0.752. The molecule has 0 saturated carbocycles. The number of benzene rings is 1. The molecule has 1 aliphatic rings. The number of hydrogen-bond acceptors (Lipinski definition) is 8. The molecule has 0 aliphatic carbocycles. The molecule has 1 fully saturated rings. The molecule has 5 rings (SSSR count). The highest BCUT2D eigenvalue weighted by atomic mass is 15.4. The molecule has 0 unspecified atom stereocenters. The maximum atomic E-state index is 4.55. The average molecular weight is 403 g/mol. The second-order valence-corrected chi connectivity index (χ2v) is 7.92. The summed E-state index contributed by atoms with van der Waals surface area (Å²) >= 11 is 0. The highest BCUT2D eigenvalue weighted by Gasteiger charge is 2.20. The first-order valence-electron chi connectivity index (χ1n) is 10.2. The van der Waals surface area contributed by atoms with Crippen LogP contribution in [-0.2, 0) is 6.54 Å². The van der Waals surface area contributed by atoms with Crippen molar-refractivity contribution in [1.82, 2.24) is 34.7 Å². The van der Waals surface area contributed by atoms with Crippen molar-refractivity contribution >= 4 is 28.1 Å². The van der Waals surface area contributed by atoms with Gasteiger partial charge in [0.15, 0.2) is 11.5 Å². The Morgan fingerprint density at radius 2 is 1.80 bits per heavy atom. The average Bonchev–Trinajstić information content (AvgIpc) is 3.15. The van der Waals surface area contributed by atoms with Crippen molar-refractivity contribution in [3.8, 4) is 0 Å². The van der Waals surface area contributed by atoms with Gasteiger partial charge in [0.2, 0.25) is 0 Å². The van der Waals surface area contributed by atoms with E-state index in [1.807, 2.05) is 42.6 Å². The molecule has 154 valence electrons. The molecule has 1 aromatic carbocycles. The highest BCUT2D eigenvalue weighted by Crippen LogP contribution is 2.27. The van der Waals surface area contributed by atoms with Crippen molar-refractivity contribution in [3.63, 3.8) is 0 Å². The third-order valence-electron chi connectivity index (χ3n) is 5.58. The lowest BCUT2D eigenvalue weighted by molar-refractivity contribution is 0.242. The minimum Gasteiger partial charge on any atom is -0.369 e. The van der Waals surface area contributed by atoms with Crippen LogP contribution in [-0.4, -0.2) is 75.0 Å². The summed E-state index contributed by atoms with van der Waals surface area (Å²) < 4.78 is 1.85. The lowest BCUT2D eigenvalue weighted by atomic mass is 10.1. The van der Waals surface area contributed by atoms with Gasteiger partial charge >= 0.3 is 0 Å². The van der Waals surface area contributed by atoms with E-state index >= 15 is 0 Å². The van der Waals surface area contributed by atoms with E-state index in [0.29, 0.717) is 0 Å². The normalized spacial score (nSPS) is 15.2. The van der Waals surface area contributed by atoms with Crippen molar-refractivity contribution in [1.29, 1.82) is 0 Å². The van der Waals surface area contributed by atoms with Crippen LogP contribution >= 0.6 is 0 Å². The molecule has 4 aromatic rings. The molecule has 0 bridgehead atoms.